The molecule has 4 aromatic rings. The maximum atomic E-state index is 12.4. The molecule has 9 heteroatoms. The lowest BCUT2D eigenvalue weighted by molar-refractivity contribution is -0.112. The van der Waals surface area contributed by atoms with E-state index in [0.29, 0.717) is 45.9 Å². The van der Waals surface area contributed by atoms with E-state index in [2.05, 4.69) is 10.6 Å². The Balaban J connectivity index is 1.27. The SMILES string of the molecule is COc1ccc(/C=C/C(=O)Nc2ccc(Oc3ccc(NC(=O)/C=C/c4ccc(OC)c(OC)c4)cc3)cc2)cc1OC. The van der Waals surface area contributed by atoms with Crippen molar-refractivity contribution in [3.8, 4) is 34.5 Å². The van der Waals surface area contributed by atoms with Gasteiger partial charge in [-0.05, 0) is 96.1 Å². The number of methoxy groups -OCH3 is 4. The quantitative estimate of drug-likeness (QED) is 0.177. The van der Waals surface area contributed by atoms with Crippen LogP contribution in [-0.2, 0) is 9.59 Å². The molecule has 0 radical (unpaired) electrons. The van der Waals surface area contributed by atoms with Crippen LogP contribution in [0.1, 0.15) is 11.1 Å². The van der Waals surface area contributed by atoms with Crippen LogP contribution in [0.5, 0.6) is 34.5 Å². The lowest BCUT2D eigenvalue weighted by atomic mass is 10.2. The topological polar surface area (TPSA) is 104 Å². The smallest absolute Gasteiger partial charge is 0.248 e. The van der Waals surface area contributed by atoms with Crippen LogP contribution in [0.3, 0.4) is 0 Å². The molecular weight excluding hydrogens is 548 g/mol. The van der Waals surface area contributed by atoms with Crippen LogP contribution >= 0.6 is 0 Å². The second-order valence-electron chi connectivity index (χ2n) is 9.02. The van der Waals surface area contributed by atoms with Crippen molar-refractivity contribution in [3.05, 3.63) is 108 Å². The van der Waals surface area contributed by atoms with E-state index in [4.69, 9.17) is 23.7 Å². The van der Waals surface area contributed by atoms with Crippen LogP contribution in [-0.4, -0.2) is 40.3 Å². The van der Waals surface area contributed by atoms with Gasteiger partial charge in [-0.25, -0.2) is 0 Å². The number of hydrogen-bond acceptors (Lipinski definition) is 7. The number of nitrogens with one attached hydrogen (secondary N) is 2. The van der Waals surface area contributed by atoms with Crippen LogP contribution in [0.25, 0.3) is 12.2 Å². The molecule has 220 valence electrons. The van der Waals surface area contributed by atoms with Gasteiger partial charge in [0.05, 0.1) is 28.4 Å². The number of amides is 2. The number of hydrogen-bond donors (Lipinski definition) is 2. The van der Waals surface area contributed by atoms with Gasteiger partial charge in [-0.3, -0.25) is 9.59 Å². The zero-order valence-corrected chi connectivity index (χ0v) is 24.3. The van der Waals surface area contributed by atoms with Crippen molar-refractivity contribution in [2.75, 3.05) is 39.1 Å². The first-order valence-corrected chi connectivity index (χ1v) is 13.2. The van der Waals surface area contributed by atoms with E-state index in [1.165, 1.54) is 12.2 Å². The zero-order chi connectivity index (χ0) is 30.6. The summed E-state index contributed by atoms with van der Waals surface area (Å²) in [6, 6.07) is 24.8. The summed E-state index contributed by atoms with van der Waals surface area (Å²) in [5.41, 5.74) is 2.84. The van der Waals surface area contributed by atoms with Gasteiger partial charge in [0.1, 0.15) is 11.5 Å². The number of rotatable bonds is 12. The van der Waals surface area contributed by atoms with Gasteiger partial charge >= 0.3 is 0 Å². The minimum atomic E-state index is -0.278. The average Bonchev–Trinajstić information content (AvgIpc) is 3.04. The largest absolute Gasteiger partial charge is 0.493 e. The molecule has 0 unspecified atom stereocenters. The molecule has 4 rings (SSSR count). The Kier molecular flexibility index (Phi) is 10.4. The standard InChI is InChI=1S/C34H32N2O7/c1-39-29-17-5-23(21-31(29)41-3)7-19-33(37)35-25-9-13-27(14-10-25)43-28-15-11-26(12-16-28)36-34(38)20-8-24-6-18-30(40-2)32(22-24)42-4/h5-22H,1-4H3,(H,35,37)(H,36,38)/b19-7+,20-8+. The van der Waals surface area contributed by atoms with Gasteiger partial charge in [-0.2, -0.15) is 0 Å². The van der Waals surface area contributed by atoms with Gasteiger partial charge in [-0.15, -0.1) is 0 Å². The summed E-state index contributed by atoms with van der Waals surface area (Å²) in [6.45, 7) is 0. The lowest BCUT2D eigenvalue weighted by Crippen LogP contribution is -2.07. The van der Waals surface area contributed by atoms with Gasteiger partial charge in [-0.1, -0.05) is 12.1 Å². The van der Waals surface area contributed by atoms with Gasteiger partial charge in [0.15, 0.2) is 23.0 Å². The van der Waals surface area contributed by atoms with Gasteiger partial charge in [0, 0.05) is 23.5 Å². The Morgan fingerprint density at radius 3 is 1.23 bits per heavy atom. The van der Waals surface area contributed by atoms with E-state index < -0.39 is 0 Å². The molecule has 0 aromatic heterocycles. The lowest BCUT2D eigenvalue weighted by Gasteiger charge is -2.09. The first-order chi connectivity index (χ1) is 20.9. The number of carbonyl (C=O) groups excluding carboxylic acids is 2. The molecule has 0 fully saturated rings. The Labute approximate surface area is 250 Å². The first kappa shape index (κ1) is 30.3. The fourth-order valence-corrected chi connectivity index (χ4v) is 3.97. The molecule has 0 saturated carbocycles. The second kappa shape index (κ2) is 14.8. The van der Waals surface area contributed by atoms with Crippen molar-refractivity contribution in [2.45, 2.75) is 0 Å². The minimum absolute atomic E-state index is 0.278. The van der Waals surface area contributed by atoms with E-state index in [9.17, 15) is 9.59 Å². The summed E-state index contributed by atoms with van der Waals surface area (Å²) >= 11 is 0. The molecule has 9 nitrogen and oxygen atoms in total. The molecule has 0 aliphatic carbocycles. The highest BCUT2D eigenvalue weighted by atomic mass is 16.5. The highest BCUT2D eigenvalue weighted by Gasteiger charge is 2.06. The van der Waals surface area contributed by atoms with Crippen LogP contribution in [0.15, 0.2) is 97.1 Å². The number of ether oxygens (including phenoxy) is 5. The van der Waals surface area contributed by atoms with Gasteiger partial charge in [0.25, 0.3) is 0 Å². The summed E-state index contributed by atoms with van der Waals surface area (Å²) in [7, 11) is 6.25. The third-order valence-electron chi connectivity index (χ3n) is 6.15. The maximum absolute atomic E-state index is 12.4. The van der Waals surface area contributed by atoms with E-state index >= 15 is 0 Å². The van der Waals surface area contributed by atoms with Crippen molar-refractivity contribution >= 4 is 35.3 Å². The van der Waals surface area contributed by atoms with E-state index in [-0.39, 0.29) is 11.8 Å². The fraction of sp³-hybridized carbons (Fsp3) is 0.118. The number of anilines is 2. The molecule has 2 N–H and O–H groups in total. The summed E-state index contributed by atoms with van der Waals surface area (Å²) in [4.78, 5) is 24.8. The third kappa shape index (κ3) is 8.64. The normalized spacial score (nSPS) is 10.8. The van der Waals surface area contributed by atoms with Crippen LogP contribution in [0, 0.1) is 0 Å². The number of benzene rings is 4. The molecule has 0 atom stereocenters. The van der Waals surface area contributed by atoms with Crippen molar-refractivity contribution in [1.29, 1.82) is 0 Å². The maximum Gasteiger partial charge on any atom is 0.248 e. The molecule has 4 aromatic carbocycles. The Morgan fingerprint density at radius 2 is 0.884 bits per heavy atom. The van der Waals surface area contributed by atoms with E-state index in [1.54, 1.807) is 113 Å². The van der Waals surface area contributed by atoms with Crippen LogP contribution < -0.4 is 34.3 Å². The molecule has 0 bridgehead atoms. The Bertz CT molecular complexity index is 1490. The van der Waals surface area contributed by atoms with E-state index in [0.717, 1.165) is 11.1 Å². The molecular formula is C34H32N2O7. The molecule has 2 amide bonds. The predicted octanol–water partition coefficient (Wildman–Crippen LogP) is 6.82. The van der Waals surface area contributed by atoms with Crippen molar-refractivity contribution in [1.82, 2.24) is 0 Å². The van der Waals surface area contributed by atoms with Gasteiger partial charge < -0.3 is 34.3 Å². The molecule has 0 heterocycles. The minimum Gasteiger partial charge on any atom is -0.493 e. The van der Waals surface area contributed by atoms with Crippen LogP contribution in [0.4, 0.5) is 11.4 Å². The van der Waals surface area contributed by atoms with Gasteiger partial charge in [0.2, 0.25) is 11.8 Å². The summed E-state index contributed by atoms with van der Waals surface area (Å²) < 4.78 is 26.9. The third-order valence-corrected chi connectivity index (χ3v) is 6.15. The fourth-order valence-electron chi connectivity index (χ4n) is 3.97. The number of carbonyl (C=O) groups is 2. The summed E-state index contributed by atoms with van der Waals surface area (Å²) in [5, 5.41) is 5.63. The monoisotopic (exact) mass is 580 g/mol. The molecule has 0 saturated heterocycles. The van der Waals surface area contributed by atoms with E-state index in [1.807, 2.05) is 12.1 Å². The predicted molar refractivity (Wildman–Crippen MR) is 167 cm³/mol. The highest BCUT2D eigenvalue weighted by Crippen LogP contribution is 2.29. The Morgan fingerprint density at radius 1 is 0.512 bits per heavy atom. The van der Waals surface area contributed by atoms with Crippen molar-refractivity contribution in [2.24, 2.45) is 0 Å². The van der Waals surface area contributed by atoms with Crippen molar-refractivity contribution < 1.29 is 33.3 Å². The Hall–Kier alpha value is -5.70. The summed E-state index contributed by atoms with van der Waals surface area (Å²) in [6.07, 6.45) is 6.26. The first-order valence-electron chi connectivity index (χ1n) is 13.2. The van der Waals surface area contributed by atoms with Crippen molar-refractivity contribution in [3.63, 3.8) is 0 Å². The average molecular weight is 581 g/mol. The summed E-state index contributed by atoms with van der Waals surface area (Å²) in [5.74, 6) is 3.02. The zero-order valence-electron chi connectivity index (χ0n) is 24.3. The van der Waals surface area contributed by atoms with Crippen LogP contribution in [0.2, 0.25) is 0 Å². The molecule has 0 spiro atoms. The second-order valence-corrected chi connectivity index (χ2v) is 9.02. The highest BCUT2D eigenvalue weighted by molar-refractivity contribution is 6.02. The molecule has 43 heavy (non-hydrogen) atoms. The molecule has 0 aliphatic rings. The molecule has 0 aliphatic heterocycles.